The van der Waals surface area contributed by atoms with Crippen LogP contribution in [0.5, 0.6) is 5.75 Å². The molecule has 0 aliphatic carbocycles. The largest absolute Gasteiger partial charge is 0.479 e. The Hall–Kier alpha value is -3.12. The van der Waals surface area contributed by atoms with Gasteiger partial charge in [0.15, 0.2) is 12.7 Å². The lowest BCUT2D eigenvalue weighted by Gasteiger charge is -2.19. The zero-order chi connectivity index (χ0) is 19.8. The number of para-hydroxylation sites is 1. The number of benzene rings is 2. The molecule has 1 N–H and O–H groups in total. The molecule has 0 bridgehead atoms. The Morgan fingerprint density at radius 2 is 1.64 bits per heavy atom. The van der Waals surface area contributed by atoms with Gasteiger partial charge in [-0.25, -0.2) is 4.79 Å². The Morgan fingerprint density at radius 3 is 2.29 bits per heavy atom. The summed E-state index contributed by atoms with van der Waals surface area (Å²) in [5.74, 6) is -0.396. The zero-order valence-corrected chi connectivity index (χ0v) is 16.2. The topological polar surface area (TPSA) is 64.6 Å². The second-order valence-corrected chi connectivity index (χ2v) is 7.09. The Balaban J connectivity index is 1.55. The monoisotopic (exact) mass is 395 g/mol. The van der Waals surface area contributed by atoms with Gasteiger partial charge in [-0.3, -0.25) is 4.79 Å². The number of thiophene rings is 1. The molecule has 0 saturated heterocycles. The maximum absolute atomic E-state index is 12.4. The summed E-state index contributed by atoms with van der Waals surface area (Å²) in [6, 6.07) is 22.3. The minimum absolute atomic E-state index is 0.287. The quantitative estimate of drug-likeness (QED) is 0.586. The number of hydrogen-bond acceptors (Lipinski definition) is 5. The minimum atomic E-state index is -0.808. The first kappa shape index (κ1) is 19.6. The molecule has 0 aliphatic rings. The van der Waals surface area contributed by atoms with Gasteiger partial charge in [0.2, 0.25) is 0 Å². The molecule has 2 atom stereocenters. The first-order valence-corrected chi connectivity index (χ1v) is 9.77. The lowest BCUT2D eigenvalue weighted by atomic mass is 10.1. The molecule has 0 unspecified atom stereocenters. The molecule has 2 aromatic carbocycles. The summed E-state index contributed by atoms with van der Waals surface area (Å²) in [6.07, 6.45) is -0.808. The van der Waals surface area contributed by atoms with E-state index in [1.165, 1.54) is 0 Å². The van der Waals surface area contributed by atoms with E-state index < -0.39 is 12.1 Å². The number of amides is 1. The van der Waals surface area contributed by atoms with Crippen molar-refractivity contribution in [3.63, 3.8) is 0 Å². The standard InChI is InChI=1S/C22H21NO4S/c1-16(27-18-11-6-3-7-12-18)22(25)26-15-20(24)23-21(19-13-8-14-28-19)17-9-4-2-5-10-17/h2-14,16,21H,15H2,1H3,(H,23,24)/t16-,21-/m0/s1. The summed E-state index contributed by atoms with van der Waals surface area (Å²) >= 11 is 1.56. The minimum Gasteiger partial charge on any atom is -0.479 e. The van der Waals surface area contributed by atoms with Crippen LogP contribution in [-0.2, 0) is 14.3 Å². The van der Waals surface area contributed by atoms with Crippen molar-refractivity contribution in [2.24, 2.45) is 0 Å². The van der Waals surface area contributed by atoms with Crippen LogP contribution in [-0.4, -0.2) is 24.6 Å². The molecule has 0 aliphatic heterocycles. The van der Waals surface area contributed by atoms with Crippen LogP contribution >= 0.6 is 11.3 Å². The number of carbonyl (C=O) groups excluding carboxylic acids is 2. The number of rotatable bonds is 8. The first-order chi connectivity index (χ1) is 13.6. The van der Waals surface area contributed by atoms with Crippen LogP contribution in [0.4, 0.5) is 0 Å². The summed E-state index contributed by atoms with van der Waals surface area (Å²) in [4.78, 5) is 25.5. The fraction of sp³-hybridized carbons (Fsp3) is 0.182. The van der Waals surface area contributed by atoms with Gasteiger partial charge in [-0.15, -0.1) is 11.3 Å². The van der Waals surface area contributed by atoms with Crippen LogP contribution in [0.2, 0.25) is 0 Å². The fourth-order valence-electron chi connectivity index (χ4n) is 2.63. The smallest absolute Gasteiger partial charge is 0.347 e. The lowest BCUT2D eigenvalue weighted by molar-refractivity contribution is -0.154. The first-order valence-electron chi connectivity index (χ1n) is 8.89. The van der Waals surface area contributed by atoms with Gasteiger partial charge in [0.05, 0.1) is 6.04 Å². The molecule has 0 radical (unpaired) electrons. The van der Waals surface area contributed by atoms with Gasteiger partial charge < -0.3 is 14.8 Å². The van der Waals surface area contributed by atoms with Crippen molar-refractivity contribution in [2.75, 3.05) is 6.61 Å². The molecule has 144 valence electrons. The third-order valence-electron chi connectivity index (χ3n) is 4.00. The van der Waals surface area contributed by atoms with Gasteiger partial charge in [0, 0.05) is 4.88 Å². The van der Waals surface area contributed by atoms with Crippen LogP contribution in [0.1, 0.15) is 23.4 Å². The van der Waals surface area contributed by atoms with Crippen LogP contribution in [0.15, 0.2) is 78.2 Å². The Labute approximate surface area is 167 Å². The van der Waals surface area contributed by atoms with E-state index in [9.17, 15) is 9.59 Å². The molecule has 0 saturated carbocycles. The van der Waals surface area contributed by atoms with Crippen LogP contribution < -0.4 is 10.1 Å². The van der Waals surface area contributed by atoms with Gasteiger partial charge in [-0.1, -0.05) is 54.6 Å². The molecule has 1 heterocycles. The molecule has 6 heteroatoms. The molecular weight excluding hydrogens is 374 g/mol. The summed E-state index contributed by atoms with van der Waals surface area (Å²) in [5.41, 5.74) is 0.963. The van der Waals surface area contributed by atoms with Gasteiger partial charge in [0.1, 0.15) is 5.75 Å². The Bertz CT molecular complexity index is 881. The van der Waals surface area contributed by atoms with E-state index in [1.807, 2.05) is 66.0 Å². The van der Waals surface area contributed by atoms with Gasteiger partial charge in [-0.2, -0.15) is 0 Å². The number of carbonyl (C=O) groups is 2. The average Bonchev–Trinajstić information content (AvgIpc) is 3.26. The van der Waals surface area contributed by atoms with Gasteiger partial charge >= 0.3 is 5.97 Å². The zero-order valence-electron chi connectivity index (χ0n) is 15.4. The van der Waals surface area contributed by atoms with E-state index in [0.29, 0.717) is 5.75 Å². The van der Waals surface area contributed by atoms with Crippen molar-refractivity contribution in [1.82, 2.24) is 5.32 Å². The third kappa shape index (κ3) is 5.44. The van der Waals surface area contributed by atoms with E-state index in [-0.39, 0.29) is 18.6 Å². The van der Waals surface area contributed by atoms with Gasteiger partial charge in [-0.05, 0) is 36.1 Å². The van der Waals surface area contributed by atoms with Crippen LogP contribution in [0.3, 0.4) is 0 Å². The van der Waals surface area contributed by atoms with Crippen LogP contribution in [0.25, 0.3) is 0 Å². The highest BCUT2D eigenvalue weighted by Crippen LogP contribution is 2.25. The number of nitrogens with one attached hydrogen (secondary N) is 1. The van der Waals surface area contributed by atoms with Crippen molar-refractivity contribution < 1.29 is 19.1 Å². The third-order valence-corrected chi connectivity index (χ3v) is 4.94. The molecular formula is C22H21NO4S. The summed E-state index contributed by atoms with van der Waals surface area (Å²) in [7, 11) is 0. The molecule has 1 amide bonds. The lowest BCUT2D eigenvalue weighted by Crippen LogP contribution is -2.35. The number of ether oxygens (including phenoxy) is 2. The highest BCUT2D eigenvalue weighted by molar-refractivity contribution is 7.10. The summed E-state index contributed by atoms with van der Waals surface area (Å²) < 4.78 is 10.6. The number of esters is 1. The molecule has 5 nitrogen and oxygen atoms in total. The fourth-order valence-corrected chi connectivity index (χ4v) is 3.43. The van der Waals surface area contributed by atoms with Crippen molar-refractivity contribution in [3.05, 3.63) is 88.6 Å². The van der Waals surface area contributed by atoms with E-state index in [4.69, 9.17) is 9.47 Å². The van der Waals surface area contributed by atoms with E-state index in [0.717, 1.165) is 10.4 Å². The molecule has 3 rings (SSSR count). The van der Waals surface area contributed by atoms with Crippen molar-refractivity contribution >= 4 is 23.2 Å². The van der Waals surface area contributed by atoms with Gasteiger partial charge in [0.25, 0.3) is 5.91 Å². The molecule has 0 fully saturated rings. The van der Waals surface area contributed by atoms with E-state index in [1.54, 1.807) is 30.4 Å². The van der Waals surface area contributed by atoms with E-state index in [2.05, 4.69) is 5.32 Å². The maximum Gasteiger partial charge on any atom is 0.347 e. The van der Waals surface area contributed by atoms with Crippen molar-refractivity contribution in [1.29, 1.82) is 0 Å². The molecule has 3 aromatic rings. The number of hydrogen-bond donors (Lipinski definition) is 1. The Morgan fingerprint density at radius 1 is 0.964 bits per heavy atom. The van der Waals surface area contributed by atoms with Crippen molar-refractivity contribution in [3.8, 4) is 5.75 Å². The normalized spacial score (nSPS) is 12.6. The Kier molecular flexibility index (Phi) is 6.81. The highest BCUT2D eigenvalue weighted by Gasteiger charge is 2.21. The summed E-state index contributed by atoms with van der Waals surface area (Å²) in [5, 5.41) is 4.89. The van der Waals surface area contributed by atoms with Crippen molar-refractivity contribution in [2.45, 2.75) is 19.1 Å². The highest BCUT2D eigenvalue weighted by atomic mass is 32.1. The molecule has 28 heavy (non-hydrogen) atoms. The predicted molar refractivity (Wildman–Crippen MR) is 108 cm³/mol. The maximum atomic E-state index is 12.4. The summed E-state index contributed by atoms with van der Waals surface area (Å²) in [6.45, 7) is 1.22. The second-order valence-electron chi connectivity index (χ2n) is 6.11. The SMILES string of the molecule is C[C@H](Oc1ccccc1)C(=O)OCC(=O)N[C@@H](c1ccccc1)c1cccs1. The molecule has 1 aromatic heterocycles. The average molecular weight is 395 g/mol. The molecule has 0 spiro atoms. The van der Waals surface area contributed by atoms with E-state index >= 15 is 0 Å². The predicted octanol–water partition coefficient (Wildman–Crippen LogP) is 3.96. The second kappa shape index (κ2) is 9.71. The van der Waals surface area contributed by atoms with Crippen LogP contribution in [0, 0.1) is 0 Å².